The lowest BCUT2D eigenvalue weighted by atomic mass is 9.95. The van der Waals surface area contributed by atoms with Crippen molar-refractivity contribution in [2.75, 3.05) is 0 Å². The number of phenolic OH excluding ortho intramolecular Hbond substituents is 1. The van der Waals surface area contributed by atoms with E-state index in [4.69, 9.17) is 10.5 Å². The van der Waals surface area contributed by atoms with Crippen LogP contribution in [0.1, 0.15) is 93.2 Å². The number of nitrogens with zero attached hydrogens (tertiary/aromatic N) is 1. The molecule has 0 aromatic heterocycles. The number of hydrogen-bond acceptors (Lipinski definition) is 6. The zero-order chi connectivity index (χ0) is 29.4. The molecule has 0 aliphatic heterocycles. The molecule has 0 fully saturated rings. The highest BCUT2D eigenvalue weighted by Crippen LogP contribution is 2.33. The van der Waals surface area contributed by atoms with Gasteiger partial charge in [0.1, 0.15) is 23.4 Å². The summed E-state index contributed by atoms with van der Waals surface area (Å²) in [7, 11) is 0. The maximum absolute atomic E-state index is 14.1. The molecule has 38 heavy (non-hydrogen) atoms. The van der Waals surface area contributed by atoms with E-state index in [1.807, 2.05) is 13.8 Å². The summed E-state index contributed by atoms with van der Waals surface area (Å²) in [5, 5.41) is 16.1. The molecule has 3 unspecified atom stereocenters. The second kappa shape index (κ2) is 13.5. The number of ether oxygens (including phenoxy) is 1. The van der Waals surface area contributed by atoms with Gasteiger partial charge in [0.2, 0.25) is 17.7 Å². The summed E-state index contributed by atoms with van der Waals surface area (Å²) in [5.74, 6) is -1.86. The van der Waals surface area contributed by atoms with Crippen LogP contribution in [-0.4, -0.2) is 57.0 Å². The average molecular weight is 535 g/mol. The van der Waals surface area contributed by atoms with Gasteiger partial charge < -0.3 is 31.1 Å². The molecule has 0 saturated heterocycles. The van der Waals surface area contributed by atoms with Crippen LogP contribution in [0, 0.1) is 5.92 Å². The molecule has 0 heterocycles. The Morgan fingerprint density at radius 1 is 1.00 bits per heavy atom. The Morgan fingerprint density at radius 3 is 2.05 bits per heavy atom. The van der Waals surface area contributed by atoms with Crippen LogP contribution in [0.3, 0.4) is 0 Å². The summed E-state index contributed by atoms with van der Waals surface area (Å²) in [4.78, 5) is 53.8. The lowest BCUT2D eigenvalue weighted by Gasteiger charge is -2.39. The van der Waals surface area contributed by atoms with E-state index in [1.165, 1.54) is 11.0 Å². The van der Waals surface area contributed by atoms with Crippen molar-refractivity contribution in [3.05, 3.63) is 29.8 Å². The van der Waals surface area contributed by atoms with Crippen molar-refractivity contribution in [2.24, 2.45) is 11.7 Å². The molecule has 0 radical (unpaired) electrons. The van der Waals surface area contributed by atoms with Crippen LogP contribution in [0.15, 0.2) is 24.3 Å². The summed E-state index contributed by atoms with van der Waals surface area (Å²) in [6.07, 6.45) is -0.115. The number of carbonyl (C=O) groups excluding carboxylic acids is 4. The van der Waals surface area contributed by atoms with Gasteiger partial charge >= 0.3 is 6.09 Å². The molecule has 0 saturated carbocycles. The SMILES string of the molecule is CC(C)CCC(C)N(C(=O)C(CC(N)=O)NC(=O)OC(C)(C)C)C(C(=O)NC(C)(C)C)c1ccccc1O. The van der Waals surface area contributed by atoms with E-state index in [1.54, 1.807) is 66.7 Å². The van der Waals surface area contributed by atoms with Crippen LogP contribution < -0.4 is 16.4 Å². The topological polar surface area (TPSA) is 151 Å². The molecule has 0 aliphatic rings. The van der Waals surface area contributed by atoms with Gasteiger partial charge in [0.25, 0.3) is 0 Å². The van der Waals surface area contributed by atoms with E-state index in [-0.39, 0.29) is 11.3 Å². The van der Waals surface area contributed by atoms with Crippen LogP contribution >= 0.6 is 0 Å². The molecule has 0 bridgehead atoms. The Morgan fingerprint density at radius 2 is 1.58 bits per heavy atom. The van der Waals surface area contributed by atoms with Gasteiger partial charge in [-0.2, -0.15) is 0 Å². The fraction of sp³-hybridized carbons (Fsp3) is 0.643. The second-order valence-corrected chi connectivity index (χ2v) is 12.1. The van der Waals surface area contributed by atoms with Crippen molar-refractivity contribution < 1.29 is 29.0 Å². The minimum atomic E-state index is -1.39. The van der Waals surface area contributed by atoms with Crippen LogP contribution in [0.5, 0.6) is 5.75 Å². The van der Waals surface area contributed by atoms with Crippen LogP contribution in [0.4, 0.5) is 4.79 Å². The number of primary amides is 1. The first-order valence-electron chi connectivity index (χ1n) is 13.0. The first-order valence-corrected chi connectivity index (χ1v) is 13.0. The number of para-hydroxylation sites is 1. The molecule has 1 aromatic carbocycles. The summed E-state index contributed by atoms with van der Waals surface area (Å²) in [5.41, 5.74) is 4.17. The molecule has 0 aliphatic carbocycles. The van der Waals surface area contributed by atoms with Gasteiger partial charge in [-0.25, -0.2) is 4.79 Å². The molecular formula is C28H46N4O6. The number of rotatable bonds is 11. The Bertz CT molecular complexity index is 980. The van der Waals surface area contributed by atoms with E-state index in [2.05, 4.69) is 10.6 Å². The van der Waals surface area contributed by atoms with Crippen molar-refractivity contribution in [1.82, 2.24) is 15.5 Å². The zero-order valence-corrected chi connectivity index (χ0v) is 24.3. The highest BCUT2D eigenvalue weighted by molar-refractivity contribution is 5.95. The highest BCUT2D eigenvalue weighted by Gasteiger charge is 2.41. The van der Waals surface area contributed by atoms with Crippen molar-refractivity contribution in [1.29, 1.82) is 0 Å². The van der Waals surface area contributed by atoms with E-state index in [0.717, 1.165) is 6.42 Å². The number of alkyl carbamates (subject to hydrolysis) is 1. The van der Waals surface area contributed by atoms with Crippen molar-refractivity contribution in [3.63, 3.8) is 0 Å². The molecule has 214 valence electrons. The van der Waals surface area contributed by atoms with Gasteiger partial charge in [-0.3, -0.25) is 14.4 Å². The lowest BCUT2D eigenvalue weighted by molar-refractivity contribution is -0.146. The highest BCUT2D eigenvalue weighted by atomic mass is 16.6. The quantitative estimate of drug-likeness (QED) is 0.339. The van der Waals surface area contributed by atoms with Crippen molar-refractivity contribution in [2.45, 2.75) is 111 Å². The molecule has 10 heteroatoms. The number of benzene rings is 1. The normalized spacial score (nSPS) is 14.3. The maximum Gasteiger partial charge on any atom is 0.408 e. The standard InChI is InChI=1S/C28H46N4O6/c1-17(2)14-15-18(3)32(25(36)20(16-22(29)34)30-26(37)38-28(7,8)9)23(24(35)31-27(4,5)6)19-12-10-11-13-21(19)33/h10-13,17-18,20,23,33H,14-16H2,1-9H3,(H2,29,34)(H,30,37)(H,31,35). The van der Waals surface area contributed by atoms with Gasteiger partial charge in [-0.1, -0.05) is 32.0 Å². The van der Waals surface area contributed by atoms with Crippen LogP contribution in [-0.2, 0) is 19.1 Å². The Labute approximate surface area is 226 Å². The summed E-state index contributed by atoms with van der Waals surface area (Å²) in [6.45, 7) is 16.3. The fourth-order valence-electron chi connectivity index (χ4n) is 3.92. The second-order valence-electron chi connectivity index (χ2n) is 12.1. The van der Waals surface area contributed by atoms with Crippen LogP contribution in [0.2, 0.25) is 0 Å². The molecule has 1 rings (SSSR count). The van der Waals surface area contributed by atoms with E-state index in [9.17, 15) is 24.3 Å². The number of phenols is 1. The molecule has 4 amide bonds. The summed E-state index contributed by atoms with van der Waals surface area (Å²) >= 11 is 0. The predicted octanol–water partition coefficient (Wildman–Crippen LogP) is 3.77. The van der Waals surface area contributed by atoms with Crippen LogP contribution in [0.25, 0.3) is 0 Å². The Balaban J connectivity index is 3.69. The third kappa shape index (κ3) is 11.0. The van der Waals surface area contributed by atoms with Gasteiger partial charge in [-0.15, -0.1) is 0 Å². The molecule has 10 nitrogen and oxygen atoms in total. The fourth-order valence-corrected chi connectivity index (χ4v) is 3.92. The van der Waals surface area contributed by atoms with E-state index in [0.29, 0.717) is 12.3 Å². The summed E-state index contributed by atoms with van der Waals surface area (Å²) < 4.78 is 5.30. The minimum absolute atomic E-state index is 0.165. The molecule has 3 atom stereocenters. The maximum atomic E-state index is 14.1. The first-order chi connectivity index (χ1) is 17.3. The predicted molar refractivity (Wildman–Crippen MR) is 146 cm³/mol. The van der Waals surface area contributed by atoms with Gasteiger partial charge in [-0.05, 0) is 73.3 Å². The van der Waals surface area contributed by atoms with Gasteiger partial charge in [0, 0.05) is 17.1 Å². The monoisotopic (exact) mass is 534 g/mol. The number of hydrogen-bond donors (Lipinski definition) is 4. The third-order valence-corrected chi connectivity index (χ3v) is 5.54. The Hall–Kier alpha value is -3.30. The lowest BCUT2D eigenvalue weighted by Crippen LogP contribution is -2.57. The minimum Gasteiger partial charge on any atom is -0.508 e. The number of nitrogens with two attached hydrogens (primary N) is 1. The van der Waals surface area contributed by atoms with Gasteiger partial charge in [0.15, 0.2) is 0 Å². The zero-order valence-electron chi connectivity index (χ0n) is 24.3. The summed E-state index contributed by atoms with van der Waals surface area (Å²) in [6, 6.07) is 3.15. The number of carbonyl (C=O) groups is 4. The molecule has 1 aromatic rings. The largest absolute Gasteiger partial charge is 0.508 e. The van der Waals surface area contributed by atoms with E-state index >= 15 is 0 Å². The van der Waals surface area contributed by atoms with Crippen molar-refractivity contribution >= 4 is 23.8 Å². The smallest absolute Gasteiger partial charge is 0.408 e. The van der Waals surface area contributed by atoms with Crippen molar-refractivity contribution in [3.8, 4) is 5.75 Å². The first kappa shape index (κ1) is 32.7. The number of nitrogens with one attached hydrogen (secondary N) is 2. The molecular weight excluding hydrogens is 488 g/mol. The average Bonchev–Trinajstić information content (AvgIpc) is 2.72. The number of amides is 4. The molecule has 0 spiro atoms. The number of aromatic hydroxyl groups is 1. The van der Waals surface area contributed by atoms with Gasteiger partial charge in [0.05, 0.1) is 6.42 Å². The Kier molecular flexibility index (Phi) is 11.6. The third-order valence-electron chi connectivity index (χ3n) is 5.54. The molecule has 5 N–H and O–H groups in total. The van der Waals surface area contributed by atoms with E-state index < -0.39 is 59.5 Å².